The van der Waals surface area contributed by atoms with Crippen LogP contribution in [0.5, 0.6) is 0 Å². The average Bonchev–Trinajstić information content (AvgIpc) is 3.12. The van der Waals surface area contributed by atoms with Gasteiger partial charge in [-0.3, -0.25) is 4.68 Å². The smallest absolute Gasteiger partial charge is 0.173 e. The number of halogens is 2. The number of nitrogens with zero attached hydrogens (tertiary/aromatic N) is 6. The van der Waals surface area contributed by atoms with E-state index in [1.165, 1.54) is 6.33 Å². The number of hydrogen-bond donors (Lipinski definition) is 1. The van der Waals surface area contributed by atoms with Crippen molar-refractivity contribution in [2.24, 2.45) is 7.05 Å². The number of nitrogens with one attached hydrogen (secondary N) is 1. The van der Waals surface area contributed by atoms with Crippen LogP contribution in [0.25, 0.3) is 17.1 Å². The molecule has 1 aromatic carbocycles. The summed E-state index contributed by atoms with van der Waals surface area (Å²) in [6.45, 7) is 3.74. The van der Waals surface area contributed by atoms with Crippen LogP contribution in [0.2, 0.25) is 10.0 Å². The Morgan fingerprint density at radius 3 is 2.39 bits per heavy atom. The summed E-state index contributed by atoms with van der Waals surface area (Å²) in [5.41, 5.74) is 3.36. The molecule has 0 fully saturated rings. The van der Waals surface area contributed by atoms with Gasteiger partial charge in [0.25, 0.3) is 0 Å². The molecule has 4 aromatic rings. The molecule has 0 atom stereocenters. The summed E-state index contributed by atoms with van der Waals surface area (Å²) in [5.74, 6) is 1.66. The molecule has 0 spiro atoms. The quantitative estimate of drug-likeness (QED) is 0.523. The van der Waals surface area contributed by atoms with Gasteiger partial charge in [0, 0.05) is 18.7 Å². The molecule has 0 amide bonds. The average molecular weight is 414 g/mol. The van der Waals surface area contributed by atoms with Crippen LogP contribution in [-0.2, 0) is 7.05 Å². The topological polar surface area (TPSA) is 73.5 Å². The standard InChI is InChI=1S/C19H17Cl2N7/c1-11-16(20)12(2)28(25-11)15-9-14(22-10-23-15)24-19-17(21)18(27(3)26-19)13-7-5-4-6-8-13/h4-10H,1-3H3,(H,22,23,24,26). The minimum atomic E-state index is 0.513. The fraction of sp³-hybridized carbons (Fsp3) is 0.158. The van der Waals surface area contributed by atoms with Crippen LogP contribution in [0, 0.1) is 13.8 Å². The first-order valence-corrected chi connectivity index (χ1v) is 9.30. The summed E-state index contributed by atoms with van der Waals surface area (Å²) in [5, 5.41) is 13.2. The second-order valence-electron chi connectivity index (χ2n) is 6.28. The van der Waals surface area contributed by atoms with Gasteiger partial charge in [0.1, 0.15) is 17.2 Å². The summed E-state index contributed by atoms with van der Waals surface area (Å²) >= 11 is 12.8. The lowest BCUT2D eigenvalue weighted by Gasteiger charge is -2.06. The van der Waals surface area contributed by atoms with Crippen LogP contribution < -0.4 is 5.32 Å². The fourth-order valence-electron chi connectivity index (χ4n) is 2.99. The van der Waals surface area contributed by atoms with Crippen LogP contribution in [0.15, 0.2) is 42.7 Å². The Bertz CT molecular complexity index is 1150. The molecule has 7 nitrogen and oxygen atoms in total. The second kappa shape index (κ2) is 7.26. The lowest BCUT2D eigenvalue weighted by molar-refractivity contribution is 0.778. The zero-order valence-electron chi connectivity index (χ0n) is 15.5. The summed E-state index contributed by atoms with van der Waals surface area (Å²) < 4.78 is 3.42. The molecule has 28 heavy (non-hydrogen) atoms. The van der Waals surface area contributed by atoms with E-state index in [0.29, 0.717) is 27.5 Å². The minimum absolute atomic E-state index is 0.513. The van der Waals surface area contributed by atoms with Crippen molar-refractivity contribution in [3.05, 3.63) is 64.2 Å². The summed E-state index contributed by atoms with van der Waals surface area (Å²) in [7, 11) is 1.85. The van der Waals surface area contributed by atoms with Gasteiger partial charge in [-0.15, -0.1) is 0 Å². The van der Waals surface area contributed by atoms with E-state index in [0.717, 1.165) is 22.6 Å². The van der Waals surface area contributed by atoms with Gasteiger partial charge in [-0.25, -0.2) is 14.6 Å². The molecule has 0 aliphatic heterocycles. The molecule has 1 N–H and O–H groups in total. The van der Waals surface area contributed by atoms with Crippen LogP contribution in [0.4, 0.5) is 11.6 Å². The number of rotatable bonds is 4. The maximum atomic E-state index is 6.60. The Labute approximate surface area is 172 Å². The van der Waals surface area contributed by atoms with Crippen molar-refractivity contribution in [1.82, 2.24) is 29.5 Å². The lowest BCUT2D eigenvalue weighted by Crippen LogP contribution is -2.04. The number of benzene rings is 1. The highest BCUT2D eigenvalue weighted by atomic mass is 35.5. The van der Waals surface area contributed by atoms with Crippen LogP contribution in [-0.4, -0.2) is 29.5 Å². The van der Waals surface area contributed by atoms with Gasteiger partial charge in [0.05, 0.1) is 22.1 Å². The van der Waals surface area contributed by atoms with Gasteiger partial charge in [-0.05, 0) is 13.8 Å². The monoisotopic (exact) mass is 413 g/mol. The molecule has 142 valence electrons. The molecule has 0 unspecified atom stereocenters. The maximum Gasteiger partial charge on any atom is 0.173 e. The first kappa shape index (κ1) is 18.5. The zero-order chi connectivity index (χ0) is 19.8. The van der Waals surface area contributed by atoms with Crippen molar-refractivity contribution in [3.8, 4) is 17.1 Å². The lowest BCUT2D eigenvalue weighted by atomic mass is 10.1. The first-order valence-electron chi connectivity index (χ1n) is 8.54. The Hall–Kier alpha value is -2.90. The summed E-state index contributed by atoms with van der Waals surface area (Å²) in [6.07, 6.45) is 1.46. The molecule has 0 bridgehead atoms. The van der Waals surface area contributed by atoms with Gasteiger partial charge in [0.15, 0.2) is 11.6 Å². The minimum Gasteiger partial charge on any atom is -0.322 e. The van der Waals surface area contributed by atoms with E-state index < -0.39 is 0 Å². The molecule has 3 heterocycles. The SMILES string of the molecule is Cc1nn(-c2cc(Nc3nn(C)c(-c4ccccc4)c3Cl)ncn2)c(C)c1Cl. The van der Waals surface area contributed by atoms with Crippen molar-refractivity contribution in [2.45, 2.75) is 13.8 Å². The predicted molar refractivity (Wildman–Crippen MR) is 111 cm³/mol. The number of anilines is 2. The molecule has 4 rings (SSSR count). The highest BCUT2D eigenvalue weighted by Gasteiger charge is 2.17. The molecule has 0 radical (unpaired) electrons. The van der Waals surface area contributed by atoms with Crippen LogP contribution >= 0.6 is 23.2 Å². The molecule has 0 aliphatic rings. The number of hydrogen-bond acceptors (Lipinski definition) is 5. The van der Waals surface area contributed by atoms with E-state index in [2.05, 4.69) is 25.5 Å². The van der Waals surface area contributed by atoms with Crippen molar-refractivity contribution in [3.63, 3.8) is 0 Å². The Morgan fingerprint density at radius 2 is 1.71 bits per heavy atom. The molecule has 0 saturated carbocycles. The first-order chi connectivity index (χ1) is 13.5. The van der Waals surface area contributed by atoms with E-state index in [-0.39, 0.29) is 0 Å². The number of aromatic nitrogens is 6. The molecule has 3 aromatic heterocycles. The summed E-state index contributed by atoms with van der Waals surface area (Å²) in [4.78, 5) is 8.56. The van der Waals surface area contributed by atoms with E-state index in [1.54, 1.807) is 15.4 Å². The zero-order valence-corrected chi connectivity index (χ0v) is 17.0. The normalized spacial score (nSPS) is 11.0. The molecule has 9 heteroatoms. The Morgan fingerprint density at radius 1 is 0.964 bits per heavy atom. The maximum absolute atomic E-state index is 6.60. The highest BCUT2D eigenvalue weighted by Crippen LogP contribution is 2.34. The largest absolute Gasteiger partial charge is 0.322 e. The van der Waals surface area contributed by atoms with E-state index in [4.69, 9.17) is 23.2 Å². The van der Waals surface area contributed by atoms with Gasteiger partial charge in [0.2, 0.25) is 0 Å². The van der Waals surface area contributed by atoms with Crippen LogP contribution in [0.1, 0.15) is 11.4 Å². The molecular weight excluding hydrogens is 397 g/mol. The van der Waals surface area contributed by atoms with Crippen molar-refractivity contribution in [2.75, 3.05) is 5.32 Å². The van der Waals surface area contributed by atoms with E-state index >= 15 is 0 Å². The highest BCUT2D eigenvalue weighted by molar-refractivity contribution is 6.35. The van der Waals surface area contributed by atoms with Crippen molar-refractivity contribution in [1.29, 1.82) is 0 Å². The molecule has 0 aliphatic carbocycles. The predicted octanol–water partition coefficient (Wildman–Crippen LogP) is 4.73. The van der Waals surface area contributed by atoms with Gasteiger partial charge in [-0.1, -0.05) is 53.5 Å². The summed E-state index contributed by atoms with van der Waals surface area (Å²) in [6, 6.07) is 11.6. The van der Waals surface area contributed by atoms with Gasteiger partial charge in [-0.2, -0.15) is 10.2 Å². The number of aryl methyl sites for hydroxylation is 2. The van der Waals surface area contributed by atoms with Crippen LogP contribution in [0.3, 0.4) is 0 Å². The fourth-order valence-corrected chi connectivity index (χ4v) is 3.42. The third-order valence-corrected chi connectivity index (χ3v) is 5.26. The third-order valence-electron chi connectivity index (χ3n) is 4.36. The molecular formula is C19H17Cl2N7. The van der Waals surface area contributed by atoms with Gasteiger partial charge >= 0.3 is 0 Å². The van der Waals surface area contributed by atoms with Crippen molar-refractivity contribution < 1.29 is 0 Å². The van der Waals surface area contributed by atoms with E-state index in [9.17, 15) is 0 Å². The Balaban J connectivity index is 1.68. The third kappa shape index (κ3) is 3.23. The van der Waals surface area contributed by atoms with E-state index in [1.807, 2.05) is 51.2 Å². The molecule has 0 saturated heterocycles. The van der Waals surface area contributed by atoms with Crippen molar-refractivity contribution >= 4 is 34.8 Å². The second-order valence-corrected chi connectivity index (χ2v) is 7.04. The Kier molecular flexibility index (Phi) is 4.78. The van der Waals surface area contributed by atoms with Gasteiger partial charge < -0.3 is 5.32 Å².